The van der Waals surface area contributed by atoms with Gasteiger partial charge in [0.25, 0.3) is 0 Å². The number of nitrogens with zero attached hydrogens (tertiary/aromatic N) is 1. The Labute approximate surface area is 81.0 Å². The summed E-state index contributed by atoms with van der Waals surface area (Å²) in [6.45, 7) is 9.81. The number of hydrogen-bond donors (Lipinski definition) is 1. The molecule has 0 spiro atoms. The minimum Gasteiger partial charge on any atom is -0.312 e. The van der Waals surface area contributed by atoms with Crippen LogP contribution in [-0.4, -0.2) is 36.6 Å². The highest BCUT2D eigenvalue weighted by atomic mass is 15.2. The van der Waals surface area contributed by atoms with E-state index in [-0.39, 0.29) is 0 Å². The van der Waals surface area contributed by atoms with Crippen LogP contribution in [0.5, 0.6) is 0 Å². The Balaban J connectivity index is 1.94. The molecular weight excluding hydrogens is 160 g/mol. The van der Waals surface area contributed by atoms with Crippen molar-refractivity contribution >= 4 is 0 Å². The third-order valence-corrected chi connectivity index (χ3v) is 3.54. The highest BCUT2D eigenvalue weighted by molar-refractivity contribution is 4.96. The van der Waals surface area contributed by atoms with E-state index in [9.17, 15) is 0 Å². The van der Waals surface area contributed by atoms with Gasteiger partial charge in [-0.2, -0.15) is 0 Å². The van der Waals surface area contributed by atoms with Gasteiger partial charge in [0.1, 0.15) is 0 Å². The maximum atomic E-state index is 3.86. The highest BCUT2D eigenvalue weighted by Gasteiger charge is 2.35. The molecule has 0 saturated carbocycles. The lowest BCUT2D eigenvalue weighted by Gasteiger charge is -2.24. The van der Waals surface area contributed by atoms with E-state index in [1.165, 1.54) is 32.5 Å². The summed E-state index contributed by atoms with van der Waals surface area (Å²) >= 11 is 0. The van der Waals surface area contributed by atoms with Crippen molar-refractivity contribution in [2.45, 2.75) is 31.8 Å². The Bertz CT molecular complexity index is 177. The van der Waals surface area contributed by atoms with Crippen LogP contribution in [-0.2, 0) is 0 Å². The van der Waals surface area contributed by atoms with Crippen molar-refractivity contribution in [3.05, 3.63) is 12.7 Å². The van der Waals surface area contributed by atoms with E-state index >= 15 is 0 Å². The lowest BCUT2D eigenvalue weighted by Crippen LogP contribution is -2.41. The molecule has 0 aromatic rings. The van der Waals surface area contributed by atoms with Crippen LogP contribution in [0.25, 0.3) is 0 Å². The summed E-state index contributed by atoms with van der Waals surface area (Å²) in [5.41, 5.74) is 0. The van der Waals surface area contributed by atoms with Crippen LogP contribution in [0.2, 0.25) is 0 Å². The Morgan fingerprint density at radius 3 is 3.08 bits per heavy atom. The molecule has 74 valence electrons. The van der Waals surface area contributed by atoms with Crippen molar-refractivity contribution in [1.82, 2.24) is 10.2 Å². The first-order chi connectivity index (χ1) is 6.31. The molecule has 2 heteroatoms. The number of piperidine rings is 1. The molecule has 13 heavy (non-hydrogen) atoms. The Morgan fingerprint density at radius 2 is 2.38 bits per heavy atom. The maximum absolute atomic E-state index is 3.86. The molecule has 0 aromatic carbocycles. The van der Waals surface area contributed by atoms with Crippen LogP contribution < -0.4 is 5.32 Å². The van der Waals surface area contributed by atoms with Crippen LogP contribution >= 0.6 is 0 Å². The highest BCUT2D eigenvalue weighted by Crippen LogP contribution is 2.26. The van der Waals surface area contributed by atoms with E-state index in [4.69, 9.17) is 0 Å². The van der Waals surface area contributed by atoms with Gasteiger partial charge in [0.05, 0.1) is 0 Å². The van der Waals surface area contributed by atoms with Crippen molar-refractivity contribution in [1.29, 1.82) is 0 Å². The Morgan fingerprint density at radius 1 is 1.54 bits per heavy atom. The molecule has 0 aliphatic carbocycles. The second-order valence-corrected chi connectivity index (χ2v) is 4.39. The summed E-state index contributed by atoms with van der Waals surface area (Å²) in [4.78, 5) is 2.54. The van der Waals surface area contributed by atoms with Crippen LogP contribution in [0.4, 0.5) is 0 Å². The molecule has 2 fully saturated rings. The van der Waals surface area contributed by atoms with E-state index in [1.54, 1.807) is 0 Å². The topological polar surface area (TPSA) is 15.3 Å². The zero-order valence-electron chi connectivity index (χ0n) is 8.50. The normalized spacial score (nSPS) is 37.0. The average Bonchev–Trinajstić information content (AvgIpc) is 2.59. The van der Waals surface area contributed by atoms with Gasteiger partial charge in [-0.05, 0) is 32.2 Å². The van der Waals surface area contributed by atoms with Gasteiger partial charge in [-0.15, -0.1) is 6.58 Å². The van der Waals surface area contributed by atoms with Crippen LogP contribution in [0.3, 0.4) is 0 Å². The lowest BCUT2D eigenvalue weighted by molar-refractivity contribution is 0.285. The SMILES string of the molecule is C=CC(C)N1C[C@@H]2CCCN[C@@H]2C1. The number of likely N-dealkylation sites (tertiary alicyclic amines) is 1. The summed E-state index contributed by atoms with van der Waals surface area (Å²) in [7, 11) is 0. The van der Waals surface area contributed by atoms with Crippen molar-refractivity contribution in [2.24, 2.45) is 5.92 Å². The van der Waals surface area contributed by atoms with E-state index in [1.807, 2.05) is 0 Å². The summed E-state index contributed by atoms with van der Waals surface area (Å²) in [6, 6.07) is 1.31. The van der Waals surface area contributed by atoms with Gasteiger partial charge in [0, 0.05) is 25.2 Å². The molecule has 1 N–H and O–H groups in total. The third kappa shape index (κ3) is 1.79. The van der Waals surface area contributed by atoms with Gasteiger partial charge in [0.15, 0.2) is 0 Å². The largest absolute Gasteiger partial charge is 0.312 e. The molecule has 1 unspecified atom stereocenters. The van der Waals surface area contributed by atoms with Crippen molar-refractivity contribution in [3.8, 4) is 0 Å². The van der Waals surface area contributed by atoms with Crippen molar-refractivity contribution in [2.75, 3.05) is 19.6 Å². The van der Waals surface area contributed by atoms with Gasteiger partial charge in [-0.3, -0.25) is 4.90 Å². The molecule has 0 aromatic heterocycles. The first-order valence-corrected chi connectivity index (χ1v) is 5.41. The molecule has 3 atom stereocenters. The molecular formula is C11H20N2. The number of fused-ring (bicyclic) bond motifs is 1. The summed E-state index contributed by atoms with van der Waals surface area (Å²) in [6.07, 6.45) is 4.83. The van der Waals surface area contributed by atoms with Gasteiger partial charge in [-0.25, -0.2) is 0 Å². The first-order valence-electron chi connectivity index (χ1n) is 5.41. The van der Waals surface area contributed by atoms with E-state index < -0.39 is 0 Å². The average molecular weight is 180 g/mol. The summed E-state index contributed by atoms with van der Waals surface area (Å²) in [5, 5.41) is 3.61. The first kappa shape index (κ1) is 9.22. The third-order valence-electron chi connectivity index (χ3n) is 3.54. The zero-order chi connectivity index (χ0) is 9.26. The fourth-order valence-electron chi connectivity index (χ4n) is 2.56. The molecule has 2 aliphatic heterocycles. The van der Waals surface area contributed by atoms with E-state index in [2.05, 4.69) is 29.8 Å². The smallest absolute Gasteiger partial charge is 0.0248 e. The Kier molecular flexibility index (Phi) is 2.70. The molecule has 0 bridgehead atoms. The monoisotopic (exact) mass is 180 g/mol. The summed E-state index contributed by atoms with van der Waals surface area (Å²) in [5.74, 6) is 0.899. The van der Waals surface area contributed by atoms with Gasteiger partial charge >= 0.3 is 0 Å². The van der Waals surface area contributed by atoms with Crippen molar-refractivity contribution in [3.63, 3.8) is 0 Å². The number of hydrogen-bond acceptors (Lipinski definition) is 2. The van der Waals surface area contributed by atoms with Gasteiger partial charge < -0.3 is 5.32 Å². The molecule has 2 aliphatic rings. The van der Waals surface area contributed by atoms with Gasteiger partial charge in [-0.1, -0.05) is 6.08 Å². The second kappa shape index (κ2) is 3.81. The predicted octanol–water partition coefficient (Wildman–Crippen LogP) is 1.24. The Hall–Kier alpha value is -0.340. The minimum absolute atomic E-state index is 0.549. The molecule has 2 heterocycles. The second-order valence-electron chi connectivity index (χ2n) is 4.39. The molecule has 0 radical (unpaired) electrons. The molecule has 2 rings (SSSR count). The zero-order valence-corrected chi connectivity index (χ0v) is 8.50. The molecule has 2 saturated heterocycles. The molecule has 2 nitrogen and oxygen atoms in total. The van der Waals surface area contributed by atoms with Gasteiger partial charge in [0.2, 0.25) is 0 Å². The summed E-state index contributed by atoms with van der Waals surface area (Å²) < 4.78 is 0. The van der Waals surface area contributed by atoms with Crippen LogP contribution in [0.1, 0.15) is 19.8 Å². The van der Waals surface area contributed by atoms with E-state index in [0.717, 1.165) is 12.0 Å². The number of nitrogens with one attached hydrogen (secondary N) is 1. The lowest BCUT2D eigenvalue weighted by atomic mass is 9.94. The van der Waals surface area contributed by atoms with Crippen molar-refractivity contribution < 1.29 is 0 Å². The van der Waals surface area contributed by atoms with E-state index in [0.29, 0.717) is 6.04 Å². The van der Waals surface area contributed by atoms with Crippen LogP contribution in [0, 0.1) is 5.92 Å². The fraction of sp³-hybridized carbons (Fsp3) is 0.818. The quantitative estimate of drug-likeness (QED) is 0.643. The minimum atomic E-state index is 0.549. The maximum Gasteiger partial charge on any atom is 0.0248 e. The fourth-order valence-corrected chi connectivity index (χ4v) is 2.56. The number of rotatable bonds is 2. The standard InChI is InChI=1S/C11H20N2/c1-3-9(2)13-7-10-5-4-6-12-11(10)8-13/h3,9-12H,1,4-8H2,2H3/t9?,10-,11+/m0/s1. The molecule has 0 amide bonds. The predicted molar refractivity (Wildman–Crippen MR) is 55.7 cm³/mol. The van der Waals surface area contributed by atoms with Crippen LogP contribution in [0.15, 0.2) is 12.7 Å².